The van der Waals surface area contributed by atoms with Crippen LogP contribution in [0.3, 0.4) is 0 Å². The van der Waals surface area contributed by atoms with E-state index in [1.54, 1.807) is 7.11 Å². The highest BCUT2D eigenvalue weighted by Gasteiger charge is 2.23. The van der Waals surface area contributed by atoms with Gasteiger partial charge in [-0.05, 0) is 50.6 Å². The van der Waals surface area contributed by atoms with Crippen molar-refractivity contribution in [3.8, 4) is 5.75 Å². The molecule has 0 saturated carbocycles. The van der Waals surface area contributed by atoms with Gasteiger partial charge in [0.15, 0.2) is 0 Å². The molecule has 2 rings (SSSR count). The zero-order valence-electron chi connectivity index (χ0n) is 11.4. The molecule has 1 aromatic carbocycles. The van der Waals surface area contributed by atoms with E-state index in [-0.39, 0.29) is 6.04 Å². The summed E-state index contributed by atoms with van der Waals surface area (Å²) in [5.74, 6) is 0.886. The molecular formula is C15H24N2O. The number of benzene rings is 1. The van der Waals surface area contributed by atoms with Gasteiger partial charge in [-0.2, -0.15) is 0 Å². The average molecular weight is 248 g/mol. The van der Waals surface area contributed by atoms with Gasteiger partial charge in [-0.25, -0.2) is 0 Å². The molecule has 1 aliphatic rings. The normalized spacial score (nSPS) is 20.4. The molecule has 2 N–H and O–H groups in total. The first-order valence-electron chi connectivity index (χ1n) is 6.86. The second-order valence-electron chi connectivity index (χ2n) is 5.14. The quantitative estimate of drug-likeness (QED) is 0.890. The van der Waals surface area contributed by atoms with Gasteiger partial charge in [0.2, 0.25) is 0 Å². The van der Waals surface area contributed by atoms with E-state index >= 15 is 0 Å². The lowest BCUT2D eigenvalue weighted by Crippen LogP contribution is -2.43. The van der Waals surface area contributed by atoms with E-state index in [4.69, 9.17) is 10.5 Å². The molecule has 0 bridgehead atoms. The van der Waals surface area contributed by atoms with Crippen LogP contribution in [0.4, 0.5) is 0 Å². The van der Waals surface area contributed by atoms with E-state index < -0.39 is 0 Å². The lowest BCUT2D eigenvalue weighted by Gasteiger charge is -2.35. The van der Waals surface area contributed by atoms with Crippen LogP contribution in [-0.4, -0.2) is 31.1 Å². The third kappa shape index (κ3) is 3.03. The van der Waals surface area contributed by atoms with Crippen LogP contribution in [0.2, 0.25) is 0 Å². The highest BCUT2D eigenvalue weighted by molar-refractivity contribution is 5.29. The fourth-order valence-corrected chi connectivity index (χ4v) is 2.66. The minimum atomic E-state index is 0.0778. The first-order valence-corrected chi connectivity index (χ1v) is 6.86. The number of hydrogen-bond acceptors (Lipinski definition) is 3. The lowest BCUT2D eigenvalue weighted by atomic mass is 9.98. The van der Waals surface area contributed by atoms with Gasteiger partial charge in [0.25, 0.3) is 0 Å². The maximum atomic E-state index is 6.38. The van der Waals surface area contributed by atoms with Crippen molar-refractivity contribution in [1.29, 1.82) is 0 Å². The molecule has 0 aromatic heterocycles. The zero-order chi connectivity index (χ0) is 13.0. The van der Waals surface area contributed by atoms with Gasteiger partial charge in [0, 0.05) is 12.1 Å². The van der Waals surface area contributed by atoms with Gasteiger partial charge in [0.05, 0.1) is 7.11 Å². The molecule has 1 heterocycles. The highest BCUT2D eigenvalue weighted by atomic mass is 16.5. The Labute approximate surface area is 110 Å². The van der Waals surface area contributed by atoms with Gasteiger partial charge < -0.3 is 10.5 Å². The second kappa shape index (κ2) is 6.21. The third-order valence-electron chi connectivity index (χ3n) is 3.99. The minimum absolute atomic E-state index is 0.0778. The Balaban J connectivity index is 2.01. The molecule has 3 heteroatoms. The summed E-state index contributed by atoms with van der Waals surface area (Å²) in [4.78, 5) is 2.51. The summed E-state index contributed by atoms with van der Waals surface area (Å²) in [7, 11) is 1.69. The molecule has 3 nitrogen and oxygen atoms in total. The van der Waals surface area contributed by atoms with E-state index in [0.29, 0.717) is 6.04 Å². The molecule has 2 unspecified atom stereocenters. The van der Waals surface area contributed by atoms with Crippen LogP contribution in [0.25, 0.3) is 0 Å². The zero-order valence-corrected chi connectivity index (χ0v) is 11.4. The maximum Gasteiger partial charge on any atom is 0.118 e. The summed E-state index contributed by atoms with van der Waals surface area (Å²) in [5, 5.41) is 0. The maximum absolute atomic E-state index is 6.38. The Morgan fingerprint density at radius 2 is 1.72 bits per heavy atom. The predicted molar refractivity (Wildman–Crippen MR) is 74.8 cm³/mol. The molecule has 1 aromatic rings. The van der Waals surface area contributed by atoms with E-state index in [0.717, 1.165) is 5.75 Å². The number of piperidine rings is 1. The number of ether oxygens (including phenoxy) is 1. The molecule has 0 amide bonds. The van der Waals surface area contributed by atoms with Gasteiger partial charge >= 0.3 is 0 Å². The third-order valence-corrected chi connectivity index (χ3v) is 3.99. The van der Waals surface area contributed by atoms with Crippen LogP contribution in [0.5, 0.6) is 5.75 Å². The Kier molecular flexibility index (Phi) is 4.61. The van der Waals surface area contributed by atoms with Crippen molar-refractivity contribution in [2.24, 2.45) is 5.73 Å². The minimum Gasteiger partial charge on any atom is -0.497 e. The van der Waals surface area contributed by atoms with Crippen LogP contribution in [-0.2, 0) is 0 Å². The van der Waals surface area contributed by atoms with Gasteiger partial charge in [-0.15, -0.1) is 0 Å². The van der Waals surface area contributed by atoms with Crippen molar-refractivity contribution in [2.45, 2.75) is 38.3 Å². The molecule has 0 radical (unpaired) electrons. The SMILES string of the molecule is COc1ccc(C(N)C(C)N2CCCCC2)cc1. The first kappa shape index (κ1) is 13.4. The van der Waals surface area contributed by atoms with Crippen molar-refractivity contribution in [3.05, 3.63) is 29.8 Å². The molecule has 100 valence electrons. The van der Waals surface area contributed by atoms with E-state index in [1.165, 1.54) is 37.9 Å². The number of methoxy groups -OCH3 is 1. The fraction of sp³-hybridized carbons (Fsp3) is 0.600. The number of likely N-dealkylation sites (tertiary alicyclic amines) is 1. The standard InChI is InChI=1S/C15H24N2O/c1-12(17-10-4-3-5-11-17)15(16)13-6-8-14(18-2)9-7-13/h6-9,12,15H,3-5,10-11,16H2,1-2H3. The molecule has 0 aliphatic carbocycles. The van der Waals surface area contributed by atoms with Crippen molar-refractivity contribution in [1.82, 2.24) is 4.90 Å². The monoisotopic (exact) mass is 248 g/mol. The van der Waals surface area contributed by atoms with Crippen LogP contribution in [0.1, 0.15) is 37.8 Å². The summed E-state index contributed by atoms with van der Waals surface area (Å²) < 4.78 is 5.17. The Morgan fingerprint density at radius 1 is 1.11 bits per heavy atom. The number of nitrogens with zero attached hydrogens (tertiary/aromatic N) is 1. The van der Waals surface area contributed by atoms with Crippen molar-refractivity contribution in [2.75, 3.05) is 20.2 Å². The van der Waals surface area contributed by atoms with Crippen LogP contribution in [0.15, 0.2) is 24.3 Å². The number of nitrogens with two attached hydrogens (primary N) is 1. The summed E-state index contributed by atoms with van der Waals surface area (Å²) in [5.41, 5.74) is 7.57. The van der Waals surface area contributed by atoms with E-state index in [9.17, 15) is 0 Å². The Bertz CT molecular complexity index is 357. The van der Waals surface area contributed by atoms with E-state index in [2.05, 4.69) is 24.0 Å². The second-order valence-corrected chi connectivity index (χ2v) is 5.14. The van der Waals surface area contributed by atoms with Crippen molar-refractivity contribution in [3.63, 3.8) is 0 Å². The fourth-order valence-electron chi connectivity index (χ4n) is 2.66. The topological polar surface area (TPSA) is 38.5 Å². The highest BCUT2D eigenvalue weighted by Crippen LogP contribution is 2.23. The van der Waals surface area contributed by atoms with Crippen LogP contribution < -0.4 is 10.5 Å². The van der Waals surface area contributed by atoms with Gasteiger partial charge in [-0.1, -0.05) is 18.6 Å². The Morgan fingerprint density at radius 3 is 2.28 bits per heavy atom. The molecule has 1 saturated heterocycles. The average Bonchev–Trinajstić information content (AvgIpc) is 2.47. The summed E-state index contributed by atoms with van der Waals surface area (Å²) in [6.07, 6.45) is 3.97. The van der Waals surface area contributed by atoms with Gasteiger partial charge in [-0.3, -0.25) is 4.90 Å². The summed E-state index contributed by atoms with van der Waals surface area (Å²) in [6.45, 7) is 4.61. The molecular weight excluding hydrogens is 224 g/mol. The van der Waals surface area contributed by atoms with Crippen LogP contribution in [0, 0.1) is 0 Å². The summed E-state index contributed by atoms with van der Waals surface area (Å²) >= 11 is 0. The molecule has 18 heavy (non-hydrogen) atoms. The lowest BCUT2D eigenvalue weighted by molar-refractivity contribution is 0.154. The summed E-state index contributed by atoms with van der Waals surface area (Å²) in [6, 6.07) is 8.59. The Hall–Kier alpha value is -1.06. The van der Waals surface area contributed by atoms with Crippen LogP contribution >= 0.6 is 0 Å². The first-order chi connectivity index (χ1) is 8.72. The van der Waals surface area contributed by atoms with E-state index in [1.807, 2.05) is 12.1 Å². The number of rotatable bonds is 4. The van der Waals surface area contributed by atoms with Crippen molar-refractivity contribution >= 4 is 0 Å². The molecule has 2 atom stereocenters. The van der Waals surface area contributed by atoms with Crippen molar-refractivity contribution < 1.29 is 4.74 Å². The predicted octanol–water partition coefficient (Wildman–Crippen LogP) is 2.57. The molecule has 1 aliphatic heterocycles. The number of hydrogen-bond donors (Lipinski definition) is 1. The smallest absolute Gasteiger partial charge is 0.118 e. The molecule has 1 fully saturated rings. The largest absolute Gasteiger partial charge is 0.497 e. The molecule has 0 spiro atoms. The van der Waals surface area contributed by atoms with Gasteiger partial charge in [0.1, 0.15) is 5.75 Å².